The molecule has 3 rings (SSSR count). The van der Waals surface area contributed by atoms with Gasteiger partial charge in [0.05, 0.1) is 5.76 Å². The minimum atomic E-state index is 0.161. The van der Waals surface area contributed by atoms with Crippen LogP contribution >= 0.6 is 0 Å². The Hall–Kier alpha value is -0.915. The molecule has 3 aliphatic rings. The molecule has 3 aliphatic carbocycles. The summed E-state index contributed by atoms with van der Waals surface area (Å²) in [6, 6.07) is 0. The van der Waals surface area contributed by atoms with E-state index in [0.29, 0.717) is 34.8 Å². The van der Waals surface area contributed by atoms with E-state index in [2.05, 4.69) is 60.7 Å². The van der Waals surface area contributed by atoms with Crippen LogP contribution in [0, 0.1) is 34.5 Å². The summed E-state index contributed by atoms with van der Waals surface area (Å²) in [4.78, 5) is 0. The van der Waals surface area contributed by atoms with Crippen molar-refractivity contribution in [3.63, 3.8) is 0 Å². The SMILES string of the molecule is BCC1=CC[C@H]2[C@H](C1)C1C(O)=CC(C(C)(C)CCCCCC)=CC1CC2(C)C. The van der Waals surface area contributed by atoms with Crippen molar-refractivity contribution >= 4 is 7.85 Å². The van der Waals surface area contributed by atoms with Crippen LogP contribution < -0.4 is 0 Å². The zero-order valence-corrected chi connectivity index (χ0v) is 19.4. The van der Waals surface area contributed by atoms with Crippen LogP contribution in [0.25, 0.3) is 0 Å². The van der Waals surface area contributed by atoms with Crippen molar-refractivity contribution in [2.75, 3.05) is 0 Å². The van der Waals surface area contributed by atoms with Crippen molar-refractivity contribution in [1.29, 1.82) is 0 Å². The molecule has 0 heterocycles. The van der Waals surface area contributed by atoms with Crippen LogP contribution in [0.4, 0.5) is 0 Å². The summed E-state index contributed by atoms with van der Waals surface area (Å²) in [6.07, 6.45) is 18.5. The summed E-state index contributed by atoms with van der Waals surface area (Å²) < 4.78 is 0. The minimum absolute atomic E-state index is 0.161. The average Bonchev–Trinajstić information content (AvgIpc) is 2.63. The van der Waals surface area contributed by atoms with Crippen molar-refractivity contribution in [3.8, 4) is 0 Å². The first-order valence-electron chi connectivity index (χ1n) is 12.0. The Balaban J connectivity index is 1.83. The molecule has 0 aromatic carbocycles. The van der Waals surface area contributed by atoms with Gasteiger partial charge in [-0.05, 0) is 65.9 Å². The van der Waals surface area contributed by atoms with Gasteiger partial charge in [-0.1, -0.05) is 84.3 Å². The van der Waals surface area contributed by atoms with Gasteiger partial charge in [0.2, 0.25) is 0 Å². The van der Waals surface area contributed by atoms with Crippen LogP contribution in [-0.4, -0.2) is 13.0 Å². The van der Waals surface area contributed by atoms with Gasteiger partial charge >= 0.3 is 0 Å². The summed E-state index contributed by atoms with van der Waals surface area (Å²) >= 11 is 0. The molecule has 1 saturated carbocycles. The van der Waals surface area contributed by atoms with Crippen molar-refractivity contribution in [1.82, 2.24) is 0 Å². The molecule has 0 aromatic rings. The Bertz CT molecular complexity index is 651. The van der Waals surface area contributed by atoms with E-state index >= 15 is 0 Å². The largest absolute Gasteiger partial charge is 0.512 e. The highest BCUT2D eigenvalue weighted by atomic mass is 16.3. The first kappa shape index (κ1) is 21.8. The lowest BCUT2D eigenvalue weighted by molar-refractivity contribution is -0.00587. The number of rotatable bonds is 7. The summed E-state index contributed by atoms with van der Waals surface area (Å²) in [5.74, 6) is 2.84. The topological polar surface area (TPSA) is 20.2 Å². The first-order valence-corrected chi connectivity index (χ1v) is 12.0. The van der Waals surface area contributed by atoms with Gasteiger partial charge in [0, 0.05) is 5.92 Å². The molecule has 1 fully saturated rings. The Morgan fingerprint density at radius 1 is 1.21 bits per heavy atom. The second-order valence-electron chi connectivity index (χ2n) is 11.2. The molecule has 1 nitrogen and oxygen atoms in total. The highest BCUT2D eigenvalue weighted by Gasteiger charge is 2.51. The minimum Gasteiger partial charge on any atom is -0.512 e. The molecule has 4 atom stereocenters. The highest BCUT2D eigenvalue weighted by molar-refractivity contribution is 6.10. The third kappa shape index (κ3) is 4.31. The number of fused-ring (bicyclic) bond motifs is 3. The molecule has 0 aromatic heterocycles. The van der Waals surface area contributed by atoms with E-state index in [4.69, 9.17) is 0 Å². The zero-order chi connectivity index (χ0) is 20.5. The lowest BCUT2D eigenvalue weighted by atomic mass is 9.50. The Morgan fingerprint density at radius 3 is 2.64 bits per heavy atom. The summed E-state index contributed by atoms with van der Waals surface area (Å²) in [7, 11) is 2.28. The van der Waals surface area contributed by atoms with E-state index in [1.807, 2.05) is 0 Å². The number of unbranched alkanes of at least 4 members (excludes halogenated alkanes) is 3. The van der Waals surface area contributed by atoms with Gasteiger partial charge in [-0.2, -0.15) is 0 Å². The molecule has 2 heteroatoms. The van der Waals surface area contributed by atoms with Crippen LogP contribution in [-0.2, 0) is 0 Å². The molecule has 0 spiro atoms. The Kier molecular flexibility index (Phi) is 6.57. The first-order chi connectivity index (χ1) is 13.2. The highest BCUT2D eigenvalue weighted by Crippen LogP contribution is 2.58. The molecule has 1 N–H and O–H groups in total. The lowest BCUT2D eigenvalue weighted by Gasteiger charge is -2.54. The second-order valence-corrected chi connectivity index (χ2v) is 11.2. The quantitative estimate of drug-likeness (QED) is 0.285. The normalized spacial score (nSPS) is 32.0. The molecular weight excluding hydrogens is 339 g/mol. The average molecular weight is 382 g/mol. The molecule has 0 amide bonds. The van der Waals surface area contributed by atoms with Crippen LogP contribution in [0.15, 0.2) is 35.1 Å². The number of aliphatic hydroxyl groups excluding tert-OH is 1. The Morgan fingerprint density at radius 2 is 1.96 bits per heavy atom. The number of hydrogen-bond acceptors (Lipinski definition) is 1. The molecule has 156 valence electrons. The monoisotopic (exact) mass is 382 g/mol. The van der Waals surface area contributed by atoms with Crippen LogP contribution in [0.2, 0.25) is 6.32 Å². The van der Waals surface area contributed by atoms with E-state index in [0.717, 1.165) is 6.32 Å². The van der Waals surface area contributed by atoms with E-state index in [1.54, 1.807) is 5.57 Å². The molecule has 0 aliphatic heterocycles. The van der Waals surface area contributed by atoms with Gasteiger partial charge in [-0.25, -0.2) is 0 Å². The van der Waals surface area contributed by atoms with Gasteiger partial charge in [-0.15, -0.1) is 0 Å². The maximum Gasteiger partial charge on any atom is 0.106 e. The molecular formula is C26H43BO. The number of hydrogen-bond donors (Lipinski definition) is 1. The molecule has 2 unspecified atom stereocenters. The van der Waals surface area contributed by atoms with Gasteiger partial charge in [0.1, 0.15) is 7.85 Å². The third-order valence-corrected chi connectivity index (χ3v) is 8.29. The summed E-state index contributed by atoms with van der Waals surface area (Å²) in [6.45, 7) is 12.0. The molecule has 0 bridgehead atoms. The van der Waals surface area contributed by atoms with Gasteiger partial charge in [0.25, 0.3) is 0 Å². The predicted octanol–water partition coefficient (Wildman–Crippen LogP) is 7.03. The summed E-state index contributed by atoms with van der Waals surface area (Å²) in [5.41, 5.74) is 3.51. The standard InChI is InChI=1S/C26H43BO/c1-6-7-8-9-12-25(2,3)20-14-19-16-26(4,5)22-11-10-18(17-27)13-21(22)24(19)23(28)15-20/h10,14-15,19,21-22,24,28H,6-9,11-13,16-17,27H2,1-5H3/t19?,21-,22-,24?/m0/s1. The fourth-order valence-corrected chi connectivity index (χ4v) is 6.46. The van der Waals surface area contributed by atoms with Gasteiger partial charge in [-0.3, -0.25) is 0 Å². The van der Waals surface area contributed by atoms with Crippen molar-refractivity contribution in [2.24, 2.45) is 34.5 Å². The van der Waals surface area contributed by atoms with Crippen LogP contribution in [0.5, 0.6) is 0 Å². The van der Waals surface area contributed by atoms with Crippen molar-refractivity contribution in [2.45, 2.75) is 92.3 Å². The van der Waals surface area contributed by atoms with Crippen molar-refractivity contribution < 1.29 is 5.11 Å². The van der Waals surface area contributed by atoms with E-state index < -0.39 is 0 Å². The zero-order valence-electron chi connectivity index (χ0n) is 19.4. The molecule has 0 radical (unpaired) electrons. The number of aliphatic hydroxyl groups is 1. The van der Waals surface area contributed by atoms with E-state index in [-0.39, 0.29) is 5.41 Å². The third-order valence-electron chi connectivity index (χ3n) is 8.29. The predicted molar refractivity (Wildman–Crippen MR) is 124 cm³/mol. The smallest absolute Gasteiger partial charge is 0.106 e. The van der Waals surface area contributed by atoms with Gasteiger partial charge < -0.3 is 5.11 Å². The number of allylic oxidation sites excluding steroid dienone is 6. The second kappa shape index (κ2) is 8.45. The van der Waals surface area contributed by atoms with E-state index in [1.165, 1.54) is 56.9 Å². The van der Waals surface area contributed by atoms with Crippen molar-refractivity contribution in [3.05, 3.63) is 35.1 Å². The maximum atomic E-state index is 11.2. The molecule has 28 heavy (non-hydrogen) atoms. The lowest BCUT2D eigenvalue weighted by Crippen LogP contribution is -2.47. The van der Waals surface area contributed by atoms with Gasteiger partial charge in [0.15, 0.2) is 0 Å². The molecule has 0 saturated heterocycles. The summed E-state index contributed by atoms with van der Waals surface area (Å²) in [5, 5.41) is 11.2. The fourth-order valence-electron chi connectivity index (χ4n) is 6.46. The maximum absolute atomic E-state index is 11.2. The van der Waals surface area contributed by atoms with E-state index in [9.17, 15) is 5.11 Å². The van der Waals surface area contributed by atoms with Crippen LogP contribution in [0.3, 0.4) is 0 Å². The Labute approximate surface area is 175 Å². The van der Waals surface area contributed by atoms with Crippen LogP contribution in [0.1, 0.15) is 86.0 Å². The fraction of sp³-hybridized carbons (Fsp3) is 0.769.